The third-order valence-electron chi connectivity index (χ3n) is 3.02. The maximum absolute atomic E-state index is 6.17. The first-order chi connectivity index (χ1) is 9.20. The lowest BCUT2D eigenvalue weighted by Crippen LogP contribution is -2.29. The fourth-order valence-corrected chi connectivity index (χ4v) is 2.76. The van der Waals surface area contributed by atoms with Crippen LogP contribution in [0.3, 0.4) is 0 Å². The van der Waals surface area contributed by atoms with Crippen molar-refractivity contribution in [2.24, 2.45) is 5.73 Å². The summed E-state index contributed by atoms with van der Waals surface area (Å²) in [6.45, 7) is 2.65. The van der Waals surface area contributed by atoms with Crippen molar-refractivity contribution in [2.75, 3.05) is 0 Å². The molecular formula is C15H18ClNOS. The fourth-order valence-electron chi connectivity index (χ4n) is 1.93. The Morgan fingerprint density at radius 1 is 1.32 bits per heavy atom. The highest BCUT2D eigenvalue weighted by Crippen LogP contribution is 2.26. The van der Waals surface area contributed by atoms with E-state index in [1.807, 2.05) is 35.7 Å². The maximum Gasteiger partial charge on any atom is 0.0981 e. The first-order valence-corrected chi connectivity index (χ1v) is 7.61. The number of hydrogen-bond donors (Lipinski definition) is 1. The highest BCUT2D eigenvalue weighted by Gasteiger charge is 2.19. The van der Waals surface area contributed by atoms with Crippen LogP contribution in [-0.2, 0) is 11.3 Å². The Bertz CT molecular complexity index is 501. The van der Waals surface area contributed by atoms with Crippen LogP contribution in [0.5, 0.6) is 0 Å². The van der Waals surface area contributed by atoms with Crippen LogP contribution in [0.2, 0.25) is 5.02 Å². The summed E-state index contributed by atoms with van der Waals surface area (Å²) >= 11 is 7.73. The van der Waals surface area contributed by atoms with E-state index in [1.54, 1.807) is 11.3 Å². The monoisotopic (exact) mass is 295 g/mol. The Hall–Kier alpha value is -0.870. The summed E-state index contributed by atoms with van der Waals surface area (Å²) in [6, 6.07) is 11.8. The molecule has 2 rings (SSSR count). The molecule has 0 bridgehead atoms. The largest absolute Gasteiger partial charge is 0.366 e. The summed E-state index contributed by atoms with van der Waals surface area (Å²) < 4.78 is 6.01. The molecule has 1 heterocycles. The Labute approximate surface area is 123 Å². The molecule has 0 spiro atoms. The number of nitrogens with two attached hydrogens (primary N) is 1. The van der Waals surface area contributed by atoms with Crippen molar-refractivity contribution >= 4 is 22.9 Å². The molecule has 2 atom stereocenters. The van der Waals surface area contributed by atoms with E-state index in [4.69, 9.17) is 22.1 Å². The van der Waals surface area contributed by atoms with Gasteiger partial charge in [-0.2, -0.15) is 0 Å². The van der Waals surface area contributed by atoms with Crippen LogP contribution >= 0.6 is 22.9 Å². The third-order valence-corrected chi connectivity index (χ3v) is 4.11. The summed E-state index contributed by atoms with van der Waals surface area (Å²) in [6.07, 6.45) is 0.743. The second-order valence-corrected chi connectivity index (χ2v) is 5.91. The van der Waals surface area contributed by atoms with Gasteiger partial charge in [0.2, 0.25) is 0 Å². The number of halogens is 1. The van der Waals surface area contributed by atoms with Gasteiger partial charge in [-0.05, 0) is 35.6 Å². The maximum atomic E-state index is 6.17. The molecule has 4 heteroatoms. The molecule has 19 heavy (non-hydrogen) atoms. The molecule has 2 nitrogen and oxygen atoms in total. The molecule has 102 valence electrons. The van der Waals surface area contributed by atoms with Crippen LogP contribution in [0.1, 0.15) is 29.9 Å². The number of hydrogen-bond acceptors (Lipinski definition) is 3. The second-order valence-electron chi connectivity index (χ2n) is 4.44. The smallest absolute Gasteiger partial charge is 0.0981 e. The summed E-state index contributed by atoms with van der Waals surface area (Å²) in [5, 5.41) is 2.76. The van der Waals surface area contributed by atoms with Crippen LogP contribution < -0.4 is 5.73 Å². The lowest BCUT2D eigenvalue weighted by atomic mass is 10.0. The van der Waals surface area contributed by atoms with Gasteiger partial charge in [-0.15, -0.1) is 11.3 Å². The molecule has 0 saturated carbocycles. The van der Waals surface area contributed by atoms with Gasteiger partial charge in [0.1, 0.15) is 0 Å². The van der Waals surface area contributed by atoms with Crippen LogP contribution in [0.4, 0.5) is 0 Å². The van der Waals surface area contributed by atoms with Crippen molar-refractivity contribution < 1.29 is 4.74 Å². The third kappa shape index (κ3) is 4.05. The topological polar surface area (TPSA) is 35.2 Å². The minimum Gasteiger partial charge on any atom is -0.366 e. The predicted molar refractivity (Wildman–Crippen MR) is 81.6 cm³/mol. The van der Waals surface area contributed by atoms with E-state index in [1.165, 1.54) is 4.88 Å². The van der Waals surface area contributed by atoms with Crippen molar-refractivity contribution in [2.45, 2.75) is 32.1 Å². The van der Waals surface area contributed by atoms with Gasteiger partial charge in [-0.3, -0.25) is 0 Å². The van der Waals surface area contributed by atoms with E-state index < -0.39 is 0 Å². The molecule has 0 aliphatic heterocycles. The molecule has 0 aliphatic rings. The highest BCUT2D eigenvalue weighted by atomic mass is 35.5. The number of benzene rings is 1. The quantitative estimate of drug-likeness (QED) is 0.857. The van der Waals surface area contributed by atoms with E-state index in [0.29, 0.717) is 11.6 Å². The number of rotatable bonds is 6. The average molecular weight is 296 g/mol. The van der Waals surface area contributed by atoms with E-state index >= 15 is 0 Å². The molecule has 0 aliphatic carbocycles. The summed E-state index contributed by atoms with van der Waals surface area (Å²) in [7, 11) is 0. The zero-order chi connectivity index (χ0) is 13.7. The van der Waals surface area contributed by atoms with E-state index in [0.717, 1.165) is 12.0 Å². The van der Waals surface area contributed by atoms with Gasteiger partial charge in [-0.1, -0.05) is 36.7 Å². The lowest BCUT2D eigenvalue weighted by molar-refractivity contribution is 0.0227. The van der Waals surface area contributed by atoms with Crippen molar-refractivity contribution in [3.8, 4) is 0 Å². The van der Waals surface area contributed by atoms with E-state index in [-0.39, 0.29) is 12.1 Å². The van der Waals surface area contributed by atoms with Gasteiger partial charge in [0.15, 0.2) is 0 Å². The molecule has 0 radical (unpaired) electrons. The lowest BCUT2D eigenvalue weighted by Gasteiger charge is -2.23. The first-order valence-electron chi connectivity index (χ1n) is 6.35. The molecule has 2 N–H and O–H groups in total. The molecule has 2 aromatic rings. The Kier molecular flexibility index (Phi) is 5.40. The van der Waals surface area contributed by atoms with Crippen molar-refractivity contribution in [1.29, 1.82) is 0 Å². The van der Waals surface area contributed by atoms with Gasteiger partial charge in [0, 0.05) is 15.9 Å². The molecule has 2 unspecified atom stereocenters. The van der Waals surface area contributed by atoms with Gasteiger partial charge >= 0.3 is 0 Å². The fraction of sp³-hybridized carbons (Fsp3) is 0.333. The summed E-state index contributed by atoms with van der Waals surface area (Å²) in [4.78, 5) is 1.20. The standard InChI is InChI=1S/C15H18ClNOS/c1-2-14(17)15(11-5-3-6-12(16)9-11)18-10-13-7-4-8-19-13/h3-9,14-15H,2,10,17H2,1H3. The molecule has 1 aromatic carbocycles. The summed E-state index contributed by atoms with van der Waals surface area (Å²) in [5.41, 5.74) is 7.21. The van der Waals surface area contributed by atoms with E-state index in [9.17, 15) is 0 Å². The van der Waals surface area contributed by atoms with Gasteiger partial charge in [0.05, 0.1) is 12.7 Å². The van der Waals surface area contributed by atoms with Gasteiger partial charge < -0.3 is 10.5 Å². The Balaban J connectivity index is 2.11. The normalized spacial score (nSPS) is 14.3. The number of thiophene rings is 1. The first kappa shape index (κ1) is 14.5. The van der Waals surface area contributed by atoms with Gasteiger partial charge in [-0.25, -0.2) is 0 Å². The molecule has 0 fully saturated rings. The predicted octanol–water partition coefficient (Wildman–Crippen LogP) is 4.40. The minimum absolute atomic E-state index is 0.0292. The zero-order valence-electron chi connectivity index (χ0n) is 10.9. The average Bonchev–Trinajstić information content (AvgIpc) is 2.92. The Morgan fingerprint density at radius 3 is 2.79 bits per heavy atom. The molecule has 0 saturated heterocycles. The molecule has 0 amide bonds. The Morgan fingerprint density at radius 2 is 2.16 bits per heavy atom. The van der Waals surface area contributed by atoms with Crippen molar-refractivity contribution in [3.05, 3.63) is 57.2 Å². The van der Waals surface area contributed by atoms with Crippen LogP contribution in [0.15, 0.2) is 41.8 Å². The van der Waals surface area contributed by atoms with Crippen LogP contribution in [0, 0.1) is 0 Å². The van der Waals surface area contributed by atoms with Crippen molar-refractivity contribution in [1.82, 2.24) is 0 Å². The SMILES string of the molecule is CCC(N)C(OCc1cccs1)c1cccc(Cl)c1. The minimum atomic E-state index is -0.120. The van der Waals surface area contributed by atoms with Crippen LogP contribution in [0.25, 0.3) is 0 Å². The molecule has 1 aromatic heterocycles. The molecular weight excluding hydrogens is 278 g/mol. The van der Waals surface area contributed by atoms with Crippen molar-refractivity contribution in [3.63, 3.8) is 0 Å². The van der Waals surface area contributed by atoms with Gasteiger partial charge in [0.25, 0.3) is 0 Å². The van der Waals surface area contributed by atoms with E-state index in [2.05, 4.69) is 13.0 Å². The highest BCUT2D eigenvalue weighted by molar-refractivity contribution is 7.09. The summed E-state index contributed by atoms with van der Waals surface area (Å²) in [5.74, 6) is 0. The zero-order valence-corrected chi connectivity index (χ0v) is 12.5. The number of ether oxygens (including phenoxy) is 1. The second kappa shape index (κ2) is 7.06. The van der Waals surface area contributed by atoms with Crippen LogP contribution in [-0.4, -0.2) is 6.04 Å².